The van der Waals surface area contributed by atoms with Gasteiger partial charge in [0, 0.05) is 20.3 Å². The van der Waals surface area contributed by atoms with Crippen molar-refractivity contribution in [1.82, 2.24) is 9.78 Å². The van der Waals surface area contributed by atoms with Gasteiger partial charge in [-0.1, -0.05) is 23.2 Å². The Labute approximate surface area is 109 Å². The number of ether oxygens (including phenoxy) is 2. The summed E-state index contributed by atoms with van der Waals surface area (Å²) in [6.45, 7) is 2.09. The van der Waals surface area contributed by atoms with Crippen LogP contribution in [0, 0.1) is 0 Å². The molecule has 0 radical (unpaired) electrons. The minimum Gasteiger partial charge on any atom is -0.382 e. The van der Waals surface area contributed by atoms with Crippen LogP contribution < -0.4 is 5.56 Å². The van der Waals surface area contributed by atoms with E-state index in [-0.39, 0.29) is 15.6 Å². The third kappa shape index (κ3) is 4.63. The van der Waals surface area contributed by atoms with Crippen LogP contribution in [0.25, 0.3) is 0 Å². The van der Waals surface area contributed by atoms with Crippen molar-refractivity contribution in [3.63, 3.8) is 0 Å². The fourth-order valence-corrected chi connectivity index (χ4v) is 1.44. The normalized spacial score (nSPS) is 10.8. The Bertz CT molecular complexity index is 409. The first-order valence-electron chi connectivity index (χ1n) is 5.14. The van der Waals surface area contributed by atoms with Crippen LogP contribution in [0.1, 0.15) is 6.42 Å². The van der Waals surface area contributed by atoms with Crippen molar-refractivity contribution in [1.29, 1.82) is 0 Å². The zero-order valence-corrected chi connectivity index (χ0v) is 11.0. The standard InChI is InChI=1S/C10H14Cl2N2O3/c1-16-5-6-17-4-2-3-14-10(15)9(12)8(11)7-13-14/h7H,2-6H2,1H3. The first kappa shape index (κ1) is 14.4. The molecule has 0 saturated heterocycles. The molecule has 17 heavy (non-hydrogen) atoms. The fraction of sp³-hybridized carbons (Fsp3) is 0.600. The second-order valence-electron chi connectivity index (χ2n) is 3.29. The highest BCUT2D eigenvalue weighted by Crippen LogP contribution is 2.14. The number of methoxy groups -OCH3 is 1. The number of aromatic nitrogens is 2. The molecule has 1 aromatic rings. The maximum absolute atomic E-state index is 11.6. The molecule has 1 heterocycles. The first-order chi connectivity index (χ1) is 8.16. The van der Waals surface area contributed by atoms with Gasteiger partial charge in [-0.25, -0.2) is 4.68 Å². The Morgan fingerprint density at radius 2 is 2.12 bits per heavy atom. The molecular weight excluding hydrogens is 267 g/mol. The van der Waals surface area contributed by atoms with Crippen molar-refractivity contribution in [2.45, 2.75) is 13.0 Å². The van der Waals surface area contributed by atoms with Gasteiger partial charge in [-0.2, -0.15) is 5.10 Å². The molecule has 0 bridgehead atoms. The Hall–Kier alpha value is -0.620. The minimum atomic E-state index is -0.379. The Kier molecular flexibility index (Phi) is 6.50. The molecule has 5 nitrogen and oxygen atoms in total. The van der Waals surface area contributed by atoms with E-state index >= 15 is 0 Å². The van der Waals surface area contributed by atoms with E-state index in [2.05, 4.69) is 5.10 Å². The van der Waals surface area contributed by atoms with Gasteiger partial charge in [0.1, 0.15) is 5.02 Å². The van der Waals surface area contributed by atoms with Crippen LogP contribution in [0.5, 0.6) is 0 Å². The molecular formula is C10H14Cl2N2O3. The Balaban J connectivity index is 2.37. The van der Waals surface area contributed by atoms with E-state index in [4.69, 9.17) is 32.7 Å². The van der Waals surface area contributed by atoms with Gasteiger partial charge in [-0.3, -0.25) is 4.79 Å². The van der Waals surface area contributed by atoms with Crippen LogP contribution in [0.4, 0.5) is 0 Å². The maximum atomic E-state index is 11.6. The van der Waals surface area contributed by atoms with E-state index in [1.54, 1.807) is 7.11 Å². The third-order valence-corrected chi connectivity index (χ3v) is 2.78. The molecule has 1 rings (SSSR count). The molecule has 0 unspecified atom stereocenters. The molecule has 96 valence electrons. The van der Waals surface area contributed by atoms with Gasteiger partial charge in [0.2, 0.25) is 0 Å². The first-order valence-corrected chi connectivity index (χ1v) is 5.90. The Morgan fingerprint density at radius 1 is 1.35 bits per heavy atom. The van der Waals surface area contributed by atoms with Crippen LogP contribution in [-0.2, 0) is 16.0 Å². The summed E-state index contributed by atoms with van der Waals surface area (Å²) in [6.07, 6.45) is 2.03. The van der Waals surface area contributed by atoms with E-state index < -0.39 is 0 Å². The lowest BCUT2D eigenvalue weighted by Crippen LogP contribution is -2.24. The molecule has 0 aliphatic rings. The maximum Gasteiger partial charge on any atom is 0.287 e. The van der Waals surface area contributed by atoms with Crippen molar-refractivity contribution in [3.05, 3.63) is 26.6 Å². The minimum absolute atomic E-state index is 0.00182. The van der Waals surface area contributed by atoms with Crippen LogP contribution in [-0.4, -0.2) is 36.7 Å². The number of halogens is 2. The lowest BCUT2D eigenvalue weighted by atomic mass is 10.4. The molecule has 0 atom stereocenters. The molecule has 0 spiro atoms. The average molecular weight is 281 g/mol. The fourth-order valence-electron chi connectivity index (χ4n) is 1.16. The molecule has 0 aliphatic heterocycles. The van der Waals surface area contributed by atoms with Crippen molar-refractivity contribution in [2.75, 3.05) is 26.9 Å². The summed E-state index contributed by atoms with van der Waals surface area (Å²) in [6, 6.07) is 0. The quantitative estimate of drug-likeness (QED) is 0.712. The Morgan fingerprint density at radius 3 is 2.82 bits per heavy atom. The summed E-state index contributed by atoms with van der Waals surface area (Å²) < 4.78 is 11.4. The largest absolute Gasteiger partial charge is 0.382 e. The van der Waals surface area contributed by atoms with Gasteiger partial charge < -0.3 is 9.47 Å². The molecule has 0 aromatic carbocycles. The average Bonchev–Trinajstić information content (AvgIpc) is 2.33. The summed E-state index contributed by atoms with van der Waals surface area (Å²) in [7, 11) is 1.61. The molecule has 7 heteroatoms. The summed E-state index contributed by atoms with van der Waals surface area (Å²) in [5.74, 6) is 0. The second-order valence-corrected chi connectivity index (χ2v) is 4.08. The monoisotopic (exact) mass is 280 g/mol. The number of aryl methyl sites for hydroxylation is 1. The molecule has 0 aliphatic carbocycles. The van der Waals surface area contributed by atoms with E-state index in [1.807, 2.05) is 0 Å². The van der Waals surface area contributed by atoms with Gasteiger partial charge in [0.05, 0.1) is 24.4 Å². The summed E-state index contributed by atoms with van der Waals surface area (Å²) >= 11 is 11.4. The van der Waals surface area contributed by atoms with Crippen LogP contribution in [0.3, 0.4) is 0 Å². The lowest BCUT2D eigenvalue weighted by Gasteiger charge is -2.06. The highest BCUT2D eigenvalue weighted by Gasteiger charge is 2.06. The topological polar surface area (TPSA) is 53.4 Å². The highest BCUT2D eigenvalue weighted by molar-refractivity contribution is 6.41. The molecule has 0 fully saturated rings. The smallest absolute Gasteiger partial charge is 0.287 e. The van der Waals surface area contributed by atoms with Gasteiger partial charge >= 0.3 is 0 Å². The zero-order valence-electron chi connectivity index (χ0n) is 9.49. The molecule has 0 amide bonds. The van der Waals surface area contributed by atoms with Crippen molar-refractivity contribution < 1.29 is 9.47 Å². The third-order valence-electron chi connectivity index (χ3n) is 2.03. The summed E-state index contributed by atoms with van der Waals surface area (Å²) in [5.41, 5.74) is -0.379. The van der Waals surface area contributed by atoms with Gasteiger partial charge in [0.25, 0.3) is 5.56 Å². The number of hydrogen-bond donors (Lipinski definition) is 0. The van der Waals surface area contributed by atoms with E-state index in [0.29, 0.717) is 32.8 Å². The van der Waals surface area contributed by atoms with E-state index in [1.165, 1.54) is 10.9 Å². The van der Waals surface area contributed by atoms with Gasteiger partial charge in [0.15, 0.2) is 0 Å². The van der Waals surface area contributed by atoms with Crippen molar-refractivity contribution >= 4 is 23.2 Å². The molecule has 0 N–H and O–H groups in total. The highest BCUT2D eigenvalue weighted by atomic mass is 35.5. The SMILES string of the molecule is COCCOCCCn1ncc(Cl)c(Cl)c1=O. The van der Waals surface area contributed by atoms with E-state index in [9.17, 15) is 4.79 Å². The summed E-state index contributed by atoms with van der Waals surface area (Å²) in [4.78, 5) is 11.6. The van der Waals surface area contributed by atoms with Crippen molar-refractivity contribution in [2.24, 2.45) is 0 Å². The van der Waals surface area contributed by atoms with Gasteiger partial charge in [-0.15, -0.1) is 0 Å². The predicted octanol–water partition coefficient (Wildman–Crippen LogP) is 1.60. The number of nitrogens with zero attached hydrogens (tertiary/aromatic N) is 2. The van der Waals surface area contributed by atoms with Crippen LogP contribution >= 0.6 is 23.2 Å². The van der Waals surface area contributed by atoms with Crippen LogP contribution in [0.2, 0.25) is 10.0 Å². The molecule has 0 saturated carbocycles. The second kappa shape index (κ2) is 7.66. The zero-order chi connectivity index (χ0) is 12.7. The van der Waals surface area contributed by atoms with Gasteiger partial charge in [-0.05, 0) is 6.42 Å². The number of rotatable bonds is 7. The predicted molar refractivity (Wildman–Crippen MR) is 65.8 cm³/mol. The lowest BCUT2D eigenvalue weighted by molar-refractivity contribution is 0.0675. The van der Waals surface area contributed by atoms with Crippen molar-refractivity contribution in [3.8, 4) is 0 Å². The van der Waals surface area contributed by atoms with E-state index in [0.717, 1.165) is 0 Å². The number of hydrogen-bond acceptors (Lipinski definition) is 4. The molecule has 1 aromatic heterocycles. The van der Waals surface area contributed by atoms with Crippen LogP contribution in [0.15, 0.2) is 11.0 Å². The summed E-state index contributed by atoms with van der Waals surface area (Å²) in [5, 5.41) is 4.05.